The highest BCUT2D eigenvalue weighted by Crippen LogP contribution is 2.14. The van der Waals surface area contributed by atoms with Crippen LogP contribution in [0.1, 0.15) is 0 Å². The summed E-state index contributed by atoms with van der Waals surface area (Å²) in [6.45, 7) is -1.85. The smallest absolute Gasteiger partial charge is 0.252 e. The zero-order valence-corrected chi connectivity index (χ0v) is 8.99. The van der Waals surface area contributed by atoms with Crippen molar-refractivity contribution in [2.45, 2.75) is 11.3 Å². The minimum Gasteiger partial charge on any atom is -0.395 e. The summed E-state index contributed by atoms with van der Waals surface area (Å²) in [7, 11) is -4.02. The second-order valence-electron chi connectivity index (χ2n) is 2.91. The first-order valence-corrected chi connectivity index (χ1v) is 5.80. The van der Waals surface area contributed by atoms with Gasteiger partial charge < -0.3 is 5.11 Å². The minimum absolute atomic E-state index is 0.207. The summed E-state index contributed by atoms with van der Waals surface area (Å²) >= 11 is 0. The van der Waals surface area contributed by atoms with Gasteiger partial charge in [0.15, 0.2) is 0 Å². The fourth-order valence-corrected chi connectivity index (χ4v) is 2.42. The van der Waals surface area contributed by atoms with Crippen LogP contribution in [0.2, 0.25) is 0 Å². The molecule has 1 aromatic rings. The number of sulfonamides is 1. The lowest BCUT2D eigenvalue weighted by Gasteiger charge is -2.19. The van der Waals surface area contributed by atoms with Gasteiger partial charge in [-0.15, -0.1) is 0 Å². The van der Waals surface area contributed by atoms with Crippen LogP contribution in [0.15, 0.2) is 17.3 Å². The van der Waals surface area contributed by atoms with Crippen LogP contribution in [0, 0.1) is 0 Å². The third-order valence-electron chi connectivity index (χ3n) is 1.80. The standard InChI is InChI=1S/C7H11F2N3O3S/c8-7(9)5-12(1-2-13)16(14,15)6-3-10-11-4-6/h3-4,7,13H,1-2,5H2,(H,10,11). The van der Waals surface area contributed by atoms with Gasteiger partial charge in [-0.2, -0.15) is 9.40 Å². The normalized spacial score (nSPS) is 12.6. The lowest BCUT2D eigenvalue weighted by Crippen LogP contribution is -2.37. The zero-order chi connectivity index (χ0) is 12.2. The van der Waals surface area contributed by atoms with E-state index in [9.17, 15) is 17.2 Å². The van der Waals surface area contributed by atoms with Crippen LogP contribution in [0.4, 0.5) is 8.78 Å². The Bertz CT molecular complexity index is 407. The molecular formula is C7H11F2N3O3S. The van der Waals surface area contributed by atoms with Gasteiger partial charge in [0, 0.05) is 12.7 Å². The summed E-state index contributed by atoms with van der Waals surface area (Å²) in [4.78, 5) is -0.207. The number of aliphatic hydroxyl groups is 1. The molecule has 6 nitrogen and oxygen atoms in total. The number of aromatic amines is 1. The van der Waals surface area contributed by atoms with Gasteiger partial charge >= 0.3 is 0 Å². The van der Waals surface area contributed by atoms with E-state index in [0.717, 1.165) is 12.4 Å². The van der Waals surface area contributed by atoms with E-state index in [1.54, 1.807) is 0 Å². The van der Waals surface area contributed by atoms with Crippen molar-refractivity contribution < 1.29 is 22.3 Å². The Balaban J connectivity index is 2.93. The molecule has 0 bridgehead atoms. The lowest BCUT2D eigenvalue weighted by atomic mass is 10.6. The van der Waals surface area contributed by atoms with Gasteiger partial charge in [-0.05, 0) is 0 Å². The number of halogens is 2. The van der Waals surface area contributed by atoms with E-state index < -0.39 is 29.6 Å². The summed E-state index contributed by atoms with van der Waals surface area (Å²) in [5, 5.41) is 14.3. The summed E-state index contributed by atoms with van der Waals surface area (Å²) < 4.78 is 48.3. The third kappa shape index (κ3) is 2.97. The van der Waals surface area contributed by atoms with Crippen LogP contribution in [-0.2, 0) is 10.0 Å². The first-order chi connectivity index (χ1) is 7.48. The van der Waals surface area contributed by atoms with Crippen molar-refractivity contribution >= 4 is 10.0 Å². The largest absolute Gasteiger partial charge is 0.395 e. The number of aliphatic hydroxyl groups excluding tert-OH is 1. The Labute approximate surface area is 90.9 Å². The fourth-order valence-electron chi connectivity index (χ4n) is 1.10. The highest BCUT2D eigenvalue weighted by atomic mass is 32.2. The molecule has 0 aliphatic carbocycles. The molecule has 92 valence electrons. The van der Waals surface area contributed by atoms with E-state index in [-0.39, 0.29) is 11.4 Å². The molecule has 0 radical (unpaired) electrons. The van der Waals surface area contributed by atoms with Crippen molar-refractivity contribution in [3.63, 3.8) is 0 Å². The topological polar surface area (TPSA) is 86.3 Å². The molecule has 0 atom stereocenters. The second-order valence-corrected chi connectivity index (χ2v) is 4.85. The van der Waals surface area contributed by atoms with Crippen LogP contribution >= 0.6 is 0 Å². The Kier molecular flexibility index (Phi) is 4.33. The molecule has 1 rings (SSSR count). The summed E-state index contributed by atoms with van der Waals surface area (Å²) in [6, 6.07) is 0. The van der Waals surface area contributed by atoms with Gasteiger partial charge in [0.05, 0.1) is 19.3 Å². The number of H-pyrrole nitrogens is 1. The number of hydrogen-bond donors (Lipinski definition) is 2. The van der Waals surface area contributed by atoms with E-state index in [4.69, 9.17) is 5.11 Å². The Morgan fingerprint density at radius 2 is 2.25 bits per heavy atom. The molecule has 2 N–H and O–H groups in total. The first kappa shape index (κ1) is 13.0. The molecule has 0 spiro atoms. The molecule has 0 aliphatic heterocycles. The van der Waals surface area contributed by atoms with Crippen LogP contribution < -0.4 is 0 Å². The molecule has 0 aliphatic rings. The summed E-state index contributed by atoms with van der Waals surface area (Å²) in [5.41, 5.74) is 0. The van der Waals surface area contributed by atoms with Crippen LogP contribution in [-0.4, -0.2) is 54.1 Å². The Hall–Kier alpha value is -1.06. The average molecular weight is 255 g/mol. The molecule has 1 heterocycles. The van der Waals surface area contributed by atoms with Gasteiger partial charge in [-0.25, -0.2) is 17.2 Å². The zero-order valence-electron chi connectivity index (χ0n) is 8.18. The number of hydrogen-bond acceptors (Lipinski definition) is 4. The monoisotopic (exact) mass is 255 g/mol. The van der Waals surface area contributed by atoms with E-state index in [2.05, 4.69) is 10.2 Å². The number of nitrogens with zero attached hydrogens (tertiary/aromatic N) is 2. The molecule has 0 aromatic carbocycles. The summed E-state index contributed by atoms with van der Waals surface area (Å²) in [5.74, 6) is 0. The molecule has 0 saturated heterocycles. The highest BCUT2D eigenvalue weighted by Gasteiger charge is 2.27. The van der Waals surface area contributed by atoms with Gasteiger partial charge in [0.1, 0.15) is 4.90 Å². The minimum atomic E-state index is -4.02. The van der Waals surface area contributed by atoms with Crippen molar-refractivity contribution in [1.29, 1.82) is 0 Å². The van der Waals surface area contributed by atoms with Crippen LogP contribution in [0.5, 0.6) is 0 Å². The molecule has 0 unspecified atom stereocenters. The fraction of sp³-hybridized carbons (Fsp3) is 0.571. The molecule has 1 aromatic heterocycles. The van der Waals surface area contributed by atoms with Gasteiger partial charge in [0.25, 0.3) is 6.43 Å². The molecule has 0 fully saturated rings. The maximum Gasteiger partial charge on any atom is 0.252 e. The quantitative estimate of drug-likeness (QED) is 0.728. The predicted molar refractivity (Wildman–Crippen MR) is 50.4 cm³/mol. The van der Waals surface area contributed by atoms with E-state index in [0.29, 0.717) is 4.31 Å². The molecule has 16 heavy (non-hydrogen) atoms. The Morgan fingerprint density at radius 1 is 1.56 bits per heavy atom. The van der Waals surface area contributed by atoms with Gasteiger partial charge in [-0.1, -0.05) is 0 Å². The average Bonchev–Trinajstić information content (AvgIpc) is 2.69. The number of alkyl halides is 2. The summed E-state index contributed by atoms with van der Waals surface area (Å²) in [6.07, 6.45) is -0.690. The van der Waals surface area contributed by atoms with Gasteiger partial charge in [-0.3, -0.25) is 5.10 Å². The van der Waals surface area contributed by atoms with Crippen molar-refractivity contribution in [3.8, 4) is 0 Å². The SMILES string of the molecule is O=S(=O)(c1cn[nH]c1)N(CCO)CC(F)F. The van der Waals surface area contributed by atoms with Crippen LogP contribution in [0.3, 0.4) is 0 Å². The maximum atomic E-state index is 12.2. The number of nitrogens with one attached hydrogen (secondary N) is 1. The molecule has 0 saturated carbocycles. The van der Waals surface area contributed by atoms with Crippen LogP contribution in [0.25, 0.3) is 0 Å². The molecule has 0 amide bonds. The third-order valence-corrected chi connectivity index (χ3v) is 3.63. The van der Waals surface area contributed by atoms with Gasteiger partial charge in [0.2, 0.25) is 10.0 Å². The molecular weight excluding hydrogens is 244 g/mol. The maximum absolute atomic E-state index is 12.2. The molecule has 9 heteroatoms. The van der Waals surface area contributed by atoms with E-state index in [1.165, 1.54) is 0 Å². The highest BCUT2D eigenvalue weighted by molar-refractivity contribution is 7.89. The predicted octanol–water partition coefficient (Wildman–Crippen LogP) is -0.342. The number of rotatable bonds is 6. The first-order valence-electron chi connectivity index (χ1n) is 4.36. The van der Waals surface area contributed by atoms with E-state index in [1.807, 2.05) is 0 Å². The van der Waals surface area contributed by atoms with Crippen molar-refractivity contribution in [1.82, 2.24) is 14.5 Å². The van der Waals surface area contributed by atoms with Crippen molar-refractivity contribution in [2.75, 3.05) is 19.7 Å². The van der Waals surface area contributed by atoms with Crippen molar-refractivity contribution in [2.24, 2.45) is 0 Å². The van der Waals surface area contributed by atoms with Crippen molar-refractivity contribution in [3.05, 3.63) is 12.4 Å². The Morgan fingerprint density at radius 3 is 2.69 bits per heavy atom. The second kappa shape index (κ2) is 5.32. The van der Waals surface area contributed by atoms with E-state index >= 15 is 0 Å². The number of aromatic nitrogens is 2. The lowest BCUT2D eigenvalue weighted by molar-refractivity contribution is 0.113.